The van der Waals surface area contributed by atoms with Gasteiger partial charge in [-0.2, -0.15) is 0 Å². The predicted octanol–water partition coefficient (Wildman–Crippen LogP) is 2.85. The minimum atomic E-state index is -0.518. The van der Waals surface area contributed by atoms with Crippen LogP contribution in [0, 0.1) is 0 Å². The van der Waals surface area contributed by atoms with Crippen LogP contribution in [0.25, 0.3) is 0 Å². The summed E-state index contributed by atoms with van der Waals surface area (Å²) in [6, 6.07) is 2.73. The first kappa shape index (κ1) is 16.8. The van der Waals surface area contributed by atoms with Gasteiger partial charge in [0.15, 0.2) is 0 Å². The fraction of sp³-hybridized carbons (Fsp3) is 0.400. The minimum absolute atomic E-state index is 0.184. The van der Waals surface area contributed by atoms with Crippen LogP contribution in [0.1, 0.15) is 40.5 Å². The molecule has 0 radical (unpaired) electrons. The minimum Gasteiger partial charge on any atom is -0.344 e. The highest BCUT2D eigenvalue weighted by atomic mass is 35.5. The lowest BCUT2D eigenvalue weighted by Gasteiger charge is -2.20. The SMILES string of the molecule is CCCCN(C)C(=O)CN1C(=O)c2cc(Cl)c(Cl)cc2C1=O. The van der Waals surface area contributed by atoms with E-state index in [2.05, 4.69) is 0 Å². The highest BCUT2D eigenvalue weighted by molar-refractivity contribution is 6.43. The molecule has 1 aromatic rings. The van der Waals surface area contributed by atoms with Gasteiger partial charge in [-0.1, -0.05) is 36.5 Å². The first-order valence-corrected chi connectivity index (χ1v) is 7.71. The van der Waals surface area contributed by atoms with Crippen molar-refractivity contribution in [2.45, 2.75) is 19.8 Å². The summed E-state index contributed by atoms with van der Waals surface area (Å²) in [4.78, 5) is 39.1. The number of imide groups is 1. The van der Waals surface area contributed by atoms with Gasteiger partial charge in [0, 0.05) is 13.6 Å². The number of amides is 3. The number of rotatable bonds is 5. The summed E-state index contributed by atoms with van der Waals surface area (Å²) >= 11 is 11.8. The molecule has 0 bridgehead atoms. The quantitative estimate of drug-likeness (QED) is 0.773. The van der Waals surface area contributed by atoms with Gasteiger partial charge in [0.2, 0.25) is 5.91 Å². The third kappa shape index (κ3) is 3.10. The maximum absolute atomic E-state index is 12.3. The fourth-order valence-electron chi connectivity index (χ4n) is 2.20. The van der Waals surface area contributed by atoms with Crippen LogP contribution < -0.4 is 0 Å². The standard InChI is InChI=1S/C15H16Cl2N2O3/c1-3-4-5-18(2)13(20)8-19-14(21)9-6-11(16)12(17)7-10(9)15(19)22/h6-7H,3-5,8H2,1-2H3. The predicted molar refractivity (Wildman–Crippen MR) is 84.4 cm³/mol. The third-order valence-electron chi connectivity index (χ3n) is 3.58. The second-order valence-electron chi connectivity index (χ2n) is 5.18. The van der Waals surface area contributed by atoms with Crippen molar-refractivity contribution in [1.82, 2.24) is 9.80 Å². The molecule has 7 heteroatoms. The number of nitrogens with zero attached hydrogens (tertiary/aromatic N) is 2. The average molecular weight is 343 g/mol. The number of halogens is 2. The lowest BCUT2D eigenvalue weighted by atomic mass is 10.1. The number of likely N-dealkylation sites (N-methyl/N-ethyl adjacent to an activating group) is 1. The summed E-state index contributed by atoms with van der Waals surface area (Å²) in [5.41, 5.74) is 0.367. The first-order valence-electron chi connectivity index (χ1n) is 6.96. The molecule has 22 heavy (non-hydrogen) atoms. The van der Waals surface area contributed by atoms with Crippen molar-refractivity contribution in [2.24, 2.45) is 0 Å². The molecule has 0 spiro atoms. The molecule has 3 amide bonds. The highest BCUT2D eigenvalue weighted by Gasteiger charge is 2.37. The Kier molecular flexibility index (Phi) is 5.08. The summed E-state index contributed by atoms with van der Waals surface area (Å²) in [6.45, 7) is 2.34. The van der Waals surface area contributed by atoms with Crippen LogP contribution in [0.4, 0.5) is 0 Å². The van der Waals surface area contributed by atoms with Crippen LogP contribution in [0.5, 0.6) is 0 Å². The van der Waals surface area contributed by atoms with Gasteiger partial charge < -0.3 is 4.90 Å². The van der Waals surface area contributed by atoms with Crippen LogP contribution in [0.3, 0.4) is 0 Å². The van der Waals surface area contributed by atoms with Crippen molar-refractivity contribution >= 4 is 40.9 Å². The van der Waals surface area contributed by atoms with Gasteiger partial charge in [-0.05, 0) is 18.6 Å². The third-order valence-corrected chi connectivity index (χ3v) is 4.30. The molecule has 1 heterocycles. The molecule has 0 unspecified atom stereocenters. The average Bonchev–Trinajstić information content (AvgIpc) is 2.70. The second kappa shape index (κ2) is 6.67. The summed E-state index contributed by atoms with van der Waals surface area (Å²) in [7, 11) is 1.66. The molecule has 0 N–H and O–H groups in total. The lowest BCUT2D eigenvalue weighted by Crippen LogP contribution is -2.41. The lowest BCUT2D eigenvalue weighted by molar-refractivity contribution is -0.130. The van der Waals surface area contributed by atoms with Crippen molar-refractivity contribution in [3.05, 3.63) is 33.3 Å². The van der Waals surface area contributed by atoms with Crippen molar-refractivity contribution < 1.29 is 14.4 Å². The van der Waals surface area contributed by atoms with E-state index in [1.165, 1.54) is 17.0 Å². The van der Waals surface area contributed by atoms with Crippen LogP contribution in [-0.4, -0.2) is 47.7 Å². The van der Waals surface area contributed by atoms with E-state index in [9.17, 15) is 14.4 Å². The van der Waals surface area contributed by atoms with Gasteiger partial charge in [0.25, 0.3) is 11.8 Å². The zero-order chi connectivity index (χ0) is 16.4. The maximum Gasteiger partial charge on any atom is 0.262 e. The molecule has 1 aliphatic heterocycles. The number of carbonyl (C=O) groups excluding carboxylic acids is 3. The summed E-state index contributed by atoms with van der Waals surface area (Å²) < 4.78 is 0. The molecule has 0 saturated heterocycles. The Morgan fingerprint density at radius 3 is 2.09 bits per heavy atom. The largest absolute Gasteiger partial charge is 0.344 e. The Balaban J connectivity index is 2.16. The number of carbonyl (C=O) groups is 3. The van der Waals surface area contributed by atoms with Gasteiger partial charge in [-0.25, -0.2) is 0 Å². The van der Waals surface area contributed by atoms with E-state index in [1.54, 1.807) is 7.05 Å². The van der Waals surface area contributed by atoms with Gasteiger partial charge >= 0.3 is 0 Å². The molecule has 2 rings (SSSR count). The molecule has 0 aromatic heterocycles. The number of benzene rings is 1. The molecule has 118 valence electrons. The highest BCUT2D eigenvalue weighted by Crippen LogP contribution is 2.31. The van der Waals surface area contributed by atoms with E-state index in [0.717, 1.165) is 17.7 Å². The Bertz CT molecular complexity index is 605. The Hall–Kier alpha value is -1.59. The van der Waals surface area contributed by atoms with Crippen molar-refractivity contribution in [3.8, 4) is 0 Å². The summed E-state index contributed by atoms with van der Waals surface area (Å²) in [6.07, 6.45) is 1.83. The Labute approximate surface area is 138 Å². The van der Waals surface area contributed by atoms with E-state index in [0.29, 0.717) is 6.54 Å². The number of hydrogen-bond donors (Lipinski definition) is 0. The molecule has 0 aliphatic carbocycles. The van der Waals surface area contributed by atoms with E-state index in [4.69, 9.17) is 23.2 Å². The normalized spacial score (nSPS) is 13.5. The van der Waals surface area contributed by atoms with Crippen LogP contribution in [0.2, 0.25) is 10.0 Å². The fourth-order valence-corrected chi connectivity index (χ4v) is 2.53. The number of fused-ring (bicyclic) bond motifs is 1. The molecular weight excluding hydrogens is 327 g/mol. The van der Waals surface area contributed by atoms with E-state index in [-0.39, 0.29) is 33.6 Å². The zero-order valence-corrected chi connectivity index (χ0v) is 13.9. The molecule has 1 aromatic carbocycles. The van der Waals surface area contributed by atoms with Gasteiger partial charge in [0.05, 0.1) is 21.2 Å². The van der Waals surface area contributed by atoms with E-state index >= 15 is 0 Å². The summed E-state index contributed by atoms with van der Waals surface area (Å²) in [5, 5.41) is 0.407. The van der Waals surface area contributed by atoms with Gasteiger partial charge in [-0.3, -0.25) is 19.3 Å². The van der Waals surface area contributed by atoms with Crippen LogP contribution >= 0.6 is 23.2 Å². The maximum atomic E-state index is 12.3. The van der Waals surface area contributed by atoms with Crippen molar-refractivity contribution in [3.63, 3.8) is 0 Å². The molecule has 1 aliphatic rings. The van der Waals surface area contributed by atoms with E-state index < -0.39 is 11.8 Å². The van der Waals surface area contributed by atoms with Crippen LogP contribution in [0.15, 0.2) is 12.1 Å². The molecule has 0 atom stereocenters. The Morgan fingerprint density at radius 2 is 1.64 bits per heavy atom. The smallest absolute Gasteiger partial charge is 0.262 e. The molecule has 0 fully saturated rings. The number of hydrogen-bond acceptors (Lipinski definition) is 3. The van der Waals surface area contributed by atoms with E-state index in [1.807, 2.05) is 6.92 Å². The van der Waals surface area contributed by atoms with Crippen LogP contribution in [-0.2, 0) is 4.79 Å². The summed E-state index contributed by atoms with van der Waals surface area (Å²) in [5.74, 6) is -1.31. The van der Waals surface area contributed by atoms with Crippen molar-refractivity contribution in [1.29, 1.82) is 0 Å². The molecular formula is C15H16Cl2N2O3. The topological polar surface area (TPSA) is 57.7 Å². The molecule has 0 saturated carbocycles. The number of unbranched alkanes of at least 4 members (excludes halogenated alkanes) is 1. The van der Waals surface area contributed by atoms with Gasteiger partial charge in [-0.15, -0.1) is 0 Å². The monoisotopic (exact) mass is 342 g/mol. The Morgan fingerprint density at radius 1 is 1.14 bits per heavy atom. The molecule has 5 nitrogen and oxygen atoms in total. The zero-order valence-electron chi connectivity index (χ0n) is 12.4. The second-order valence-corrected chi connectivity index (χ2v) is 5.99. The van der Waals surface area contributed by atoms with Gasteiger partial charge in [0.1, 0.15) is 6.54 Å². The van der Waals surface area contributed by atoms with Crippen molar-refractivity contribution in [2.75, 3.05) is 20.1 Å². The first-order chi connectivity index (χ1) is 10.4.